The molecule has 0 radical (unpaired) electrons. The molecule has 0 amide bonds. The minimum atomic E-state index is 0. The van der Waals surface area contributed by atoms with Crippen LogP contribution in [0.2, 0.25) is 0 Å². The third-order valence-corrected chi connectivity index (χ3v) is 3.07. The average molecular weight is 554 g/mol. The lowest BCUT2D eigenvalue weighted by Gasteiger charge is -1.81. The monoisotopic (exact) mass is 553 g/mol. The molecule has 0 spiro atoms. The Morgan fingerprint density at radius 2 is 0.923 bits per heavy atom. The maximum Gasteiger partial charge on any atom is 0.171 e. The number of hydrogen-bond donors (Lipinski definition) is 0. The van der Waals surface area contributed by atoms with Crippen LogP contribution in [0.25, 0.3) is 0 Å². The standard InChI is InChI=1S/2C3H6N4.3C3H5N3.2C2H6.3CH4/c1-3-4-5-6-7(3)2;1-3-4-6-7(2)5-3;3*1-6-3-2-4-5-6;2*1-2;;;/h2*1-2H3;3*2-3H,1H3;2*1-2H3;3*1H4. The number of hydrogen-bond acceptors (Lipinski definition) is 12. The molecule has 0 fully saturated rings. The normalized spacial score (nSPS) is 7.77. The van der Waals surface area contributed by atoms with Gasteiger partial charge in [0, 0.05) is 46.8 Å². The van der Waals surface area contributed by atoms with E-state index < -0.39 is 0 Å². The van der Waals surface area contributed by atoms with Crippen molar-refractivity contribution in [3.63, 3.8) is 0 Å². The fourth-order valence-electron chi connectivity index (χ4n) is 1.46. The summed E-state index contributed by atoms with van der Waals surface area (Å²) >= 11 is 0. The van der Waals surface area contributed by atoms with E-state index in [1.54, 1.807) is 76.9 Å². The fraction of sp³-hybridized carbons (Fsp3) is 0.636. The van der Waals surface area contributed by atoms with Crippen molar-refractivity contribution in [2.75, 3.05) is 0 Å². The molecule has 224 valence electrons. The van der Waals surface area contributed by atoms with Crippen LogP contribution in [0.5, 0.6) is 0 Å². The molecule has 0 aliphatic rings. The zero-order valence-electron chi connectivity index (χ0n) is 23.1. The van der Waals surface area contributed by atoms with Gasteiger partial charge in [0.1, 0.15) is 5.82 Å². The van der Waals surface area contributed by atoms with Crippen molar-refractivity contribution >= 4 is 0 Å². The first-order valence-electron chi connectivity index (χ1n) is 11.1. The zero-order valence-corrected chi connectivity index (χ0v) is 23.1. The van der Waals surface area contributed by atoms with Gasteiger partial charge < -0.3 is 0 Å². The predicted octanol–water partition coefficient (Wildman–Crippen LogP) is 2.44. The van der Waals surface area contributed by atoms with Gasteiger partial charge in [-0.1, -0.05) is 65.6 Å². The number of aromatic nitrogens is 17. The second-order valence-electron chi connectivity index (χ2n) is 5.91. The van der Waals surface area contributed by atoms with Gasteiger partial charge in [-0.25, -0.2) is 4.68 Å². The smallest absolute Gasteiger partial charge is 0.171 e. The molecule has 5 heterocycles. The van der Waals surface area contributed by atoms with Gasteiger partial charge >= 0.3 is 0 Å². The van der Waals surface area contributed by atoms with Crippen LogP contribution in [-0.4, -0.2) is 85.4 Å². The molecule has 17 heteroatoms. The van der Waals surface area contributed by atoms with Crippen molar-refractivity contribution in [1.82, 2.24) is 85.4 Å². The van der Waals surface area contributed by atoms with Crippen LogP contribution in [0, 0.1) is 13.8 Å². The molecule has 0 atom stereocenters. The highest BCUT2D eigenvalue weighted by Crippen LogP contribution is 1.78. The van der Waals surface area contributed by atoms with Crippen molar-refractivity contribution in [3.8, 4) is 0 Å². The topological polar surface area (TPSA) is 179 Å². The molecule has 17 nitrogen and oxygen atoms in total. The van der Waals surface area contributed by atoms with Crippen LogP contribution in [0.15, 0.2) is 37.2 Å². The van der Waals surface area contributed by atoms with E-state index in [2.05, 4.69) is 61.9 Å². The Labute approximate surface area is 233 Å². The van der Waals surface area contributed by atoms with E-state index in [9.17, 15) is 0 Å². The van der Waals surface area contributed by atoms with Gasteiger partial charge in [-0.05, 0) is 29.5 Å². The maximum absolute atomic E-state index is 3.81. The summed E-state index contributed by atoms with van der Waals surface area (Å²) in [4.78, 5) is 1.43. The second-order valence-corrected chi connectivity index (χ2v) is 5.91. The number of nitrogens with zero attached hydrogens (tertiary/aromatic N) is 17. The molecule has 5 aromatic heterocycles. The van der Waals surface area contributed by atoms with Crippen LogP contribution in [0.1, 0.15) is 61.6 Å². The summed E-state index contributed by atoms with van der Waals surface area (Å²) in [7, 11) is 9.02. The molecular weight excluding hydrogens is 502 g/mol. The Morgan fingerprint density at radius 1 is 0.538 bits per heavy atom. The van der Waals surface area contributed by atoms with Crippen molar-refractivity contribution in [1.29, 1.82) is 0 Å². The summed E-state index contributed by atoms with van der Waals surface area (Å²) in [5.41, 5.74) is 0. The molecule has 0 aromatic carbocycles. The van der Waals surface area contributed by atoms with Crippen LogP contribution < -0.4 is 0 Å². The third kappa shape index (κ3) is 26.4. The summed E-state index contributed by atoms with van der Waals surface area (Å²) < 4.78 is 6.53. The van der Waals surface area contributed by atoms with Crippen LogP contribution in [0.4, 0.5) is 0 Å². The summed E-state index contributed by atoms with van der Waals surface area (Å²) in [6.45, 7) is 11.6. The molecular formula is C22H51N17. The highest BCUT2D eigenvalue weighted by atomic mass is 15.6. The van der Waals surface area contributed by atoms with Crippen LogP contribution >= 0.6 is 0 Å². The molecule has 0 saturated heterocycles. The predicted molar refractivity (Wildman–Crippen MR) is 153 cm³/mol. The van der Waals surface area contributed by atoms with Crippen molar-refractivity contribution < 1.29 is 0 Å². The Morgan fingerprint density at radius 3 is 1.00 bits per heavy atom. The van der Waals surface area contributed by atoms with Gasteiger partial charge in [-0.2, -0.15) is 4.80 Å². The lowest BCUT2D eigenvalue weighted by atomic mass is 10.7. The van der Waals surface area contributed by atoms with Crippen molar-refractivity contribution in [3.05, 3.63) is 48.8 Å². The second kappa shape index (κ2) is 29.8. The summed E-state index contributed by atoms with van der Waals surface area (Å²) in [6, 6.07) is 0. The van der Waals surface area contributed by atoms with Gasteiger partial charge in [-0.3, -0.25) is 14.0 Å². The SMILES string of the molecule is C.C.C.CC.CC.Cc1nnn(C)n1.Cc1nnnn1C.Cn1ccnn1.Cn1ccnn1.Cn1ccnn1. The van der Waals surface area contributed by atoms with Crippen molar-refractivity contribution in [2.24, 2.45) is 35.2 Å². The molecule has 0 unspecified atom stereocenters. The number of rotatable bonds is 0. The molecule has 0 saturated carbocycles. The third-order valence-electron chi connectivity index (χ3n) is 3.07. The Kier molecular flexibility index (Phi) is 34.0. The first kappa shape index (κ1) is 44.5. The van der Waals surface area contributed by atoms with Crippen LogP contribution in [0.3, 0.4) is 0 Å². The van der Waals surface area contributed by atoms with E-state index in [0.717, 1.165) is 5.82 Å². The Balaban J connectivity index is -0.000000118. The molecule has 5 aromatic rings. The van der Waals surface area contributed by atoms with Gasteiger partial charge in [-0.15, -0.1) is 30.6 Å². The first-order valence-corrected chi connectivity index (χ1v) is 11.1. The Bertz CT molecular complexity index is 939. The Hall–Kier alpha value is -4.44. The fourth-order valence-corrected chi connectivity index (χ4v) is 1.46. The molecule has 0 bridgehead atoms. The molecule has 0 aliphatic heterocycles. The lowest BCUT2D eigenvalue weighted by Crippen LogP contribution is -1.92. The van der Waals surface area contributed by atoms with Gasteiger partial charge in [0.05, 0.1) is 25.6 Å². The summed E-state index contributed by atoms with van der Waals surface area (Å²) in [5, 5.41) is 42.9. The quantitative estimate of drug-likeness (QED) is 0.274. The van der Waals surface area contributed by atoms with E-state index in [-0.39, 0.29) is 22.3 Å². The van der Waals surface area contributed by atoms with Gasteiger partial charge in [0.15, 0.2) is 5.82 Å². The van der Waals surface area contributed by atoms with E-state index in [1.807, 2.05) is 55.8 Å². The van der Waals surface area contributed by atoms with E-state index in [1.165, 1.54) is 4.80 Å². The highest BCUT2D eigenvalue weighted by Gasteiger charge is 1.87. The molecule has 39 heavy (non-hydrogen) atoms. The highest BCUT2D eigenvalue weighted by molar-refractivity contribution is 4.69. The summed E-state index contributed by atoms with van der Waals surface area (Å²) in [6.07, 6.45) is 10.2. The van der Waals surface area contributed by atoms with E-state index in [0.29, 0.717) is 5.82 Å². The minimum Gasteiger partial charge on any atom is -0.256 e. The molecule has 0 aliphatic carbocycles. The first-order chi connectivity index (χ1) is 17.3. The molecule has 5 rings (SSSR count). The number of aryl methyl sites for hydroxylation is 7. The summed E-state index contributed by atoms with van der Waals surface area (Å²) in [5.74, 6) is 1.54. The lowest BCUT2D eigenvalue weighted by molar-refractivity contribution is 0.629. The molecule has 0 N–H and O–H groups in total. The van der Waals surface area contributed by atoms with E-state index >= 15 is 0 Å². The van der Waals surface area contributed by atoms with Gasteiger partial charge in [0.25, 0.3) is 0 Å². The van der Waals surface area contributed by atoms with Crippen LogP contribution in [-0.2, 0) is 35.2 Å². The maximum atomic E-state index is 3.81. The number of tetrazole rings is 2. The van der Waals surface area contributed by atoms with E-state index in [4.69, 9.17) is 0 Å². The average Bonchev–Trinajstić information content (AvgIpc) is 3.72. The minimum absolute atomic E-state index is 0. The van der Waals surface area contributed by atoms with Crippen molar-refractivity contribution in [2.45, 2.75) is 63.8 Å². The zero-order chi connectivity index (χ0) is 27.8. The van der Waals surface area contributed by atoms with Gasteiger partial charge in [0.2, 0.25) is 0 Å². The largest absolute Gasteiger partial charge is 0.256 e.